The number of carbonyl (C=O) groups excluding carboxylic acids is 1. The predicted octanol–water partition coefficient (Wildman–Crippen LogP) is 3.77. The Morgan fingerprint density at radius 1 is 1.29 bits per heavy atom. The molecule has 0 atom stereocenters. The second-order valence-corrected chi connectivity index (χ2v) is 24.9. The normalized spacial score (nSPS) is 11.4. The number of hydrogen-bond acceptors (Lipinski definition) is 2. The SMILES string of the molecule is CCCCOC(=O)CC[CH2][Sn]([Cl])([Cl])[Cl]. The van der Waals surface area contributed by atoms with Crippen molar-refractivity contribution in [1.29, 1.82) is 0 Å². The zero-order chi connectivity index (χ0) is 11.0. The molecule has 0 aliphatic rings. The predicted molar refractivity (Wildman–Crippen MR) is 63.2 cm³/mol. The summed E-state index contributed by atoms with van der Waals surface area (Å²) in [6.07, 6.45) is 2.94. The van der Waals surface area contributed by atoms with Crippen LogP contribution in [0.25, 0.3) is 0 Å². The van der Waals surface area contributed by atoms with E-state index in [0.29, 0.717) is 23.9 Å². The van der Waals surface area contributed by atoms with Gasteiger partial charge in [-0.1, -0.05) is 0 Å². The molecule has 0 fully saturated rings. The summed E-state index contributed by atoms with van der Waals surface area (Å²) in [5, 5.41) is 0. The quantitative estimate of drug-likeness (QED) is 0.389. The zero-order valence-corrected chi connectivity index (χ0v) is 13.3. The molecule has 0 amide bonds. The van der Waals surface area contributed by atoms with Gasteiger partial charge in [-0.05, 0) is 0 Å². The van der Waals surface area contributed by atoms with E-state index in [2.05, 4.69) is 0 Å². The molecule has 0 unspecified atom stereocenters. The van der Waals surface area contributed by atoms with Crippen LogP contribution in [-0.4, -0.2) is 27.6 Å². The van der Waals surface area contributed by atoms with Gasteiger partial charge in [0.15, 0.2) is 0 Å². The summed E-state index contributed by atoms with van der Waals surface area (Å²) in [6.45, 7) is 2.55. The average molecular weight is 368 g/mol. The molecule has 0 radical (unpaired) electrons. The van der Waals surface area contributed by atoms with Crippen molar-refractivity contribution in [3.05, 3.63) is 0 Å². The fourth-order valence-corrected chi connectivity index (χ4v) is 5.17. The topological polar surface area (TPSA) is 26.3 Å². The monoisotopic (exact) mass is 368 g/mol. The molecule has 0 rings (SSSR count). The summed E-state index contributed by atoms with van der Waals surface area (Å²) in [5.74, 6) is -0.181. The molecule has 0 bridgehead atoms. The Hall–Kier alpha value is 1.14. The maximum atomic E-state index is 11.1. The van der Waals surface area contributed by atoms with Gasteiger partial charge in [0.05, 0.1) is 0 Å². The number of halogens is 3. The molecule has 0 aromatic rings. The first-order valence-corrected chi connectivity index (χ1v) is 17.5. The Balaban J connectivity index is 3.36. The van der Waals surface area contributed by atoms with E-state index >= 15 is 0 Å². The number of carbonyl (C=O) groups is 1. The standard InChI is InChI=1S/C8H15O2.3ClH.Sn/c1-3-5-7-10-8(9)6-4-2;;;;/h2-7H2,1H3;3*1H;/q;;;;+3/p-3. The van der Waals surface area contributed by atoms with Crippen LogP contribution in [0.2, 0.25) is 4.44 Å². The second-order valence-electron chi connectivity index (χ2n) is 3.04. The number of unbranched alkanes of at least 4 members (excludes halogenated alkanes) is 1. The molecule has 14 heavy (non-hydrogen) atoms. The fourth-order valence-electron chi connectivity index (χ4n) is 0.836. The van der Waals surface area contributed by atoms with E-state index in [1.807, 2.05) is 6.92 Å². The van der Waals surface area contributed by atoms with Crippen molar-refractivity contribution in [1.82, 2.24) is 0 Å². The van der Waals surface area contributed by atoms with E-state index in [4.69, 9.17) is 31.5 Å². The van der Waals surface area contributed by atoms with E-state index in [9.17, 15) is 4.79 Å². The fraction of sp³-hybridized carbons (Fsp3) is 0.875. The Bertz CT molecular complexity index is 170. The summed E-state index contributed by atoms with van der Waals surface area (Å²) in [4.78, 5) is 11.1. The Kier molecular flexibility index (Phi) is 8.99. The van der Waals surface area contributed by atoms with Crippen LogP contribution in [0, 0.1) is 0 Å². The maximum absolute atomic E-state index is 11.1. The molecule has 0 aromatic heterocycles. The molecule has 0 heterocycles. The molecule has 84 valence electrons. The van der Waals surface area contributed by atoms with Gasteiger partial charge in [0.25, 0.3) is 0 Å². The zero-order valence-electron chi connectivity index (χ0n) is 8.19. The molecule has 0 aliphatic carbocycles. The molecular weight excluding hydrogens is 353 g/mol. The Morgan fingerprint density at radius 3 is 2.43 bits per heavy atom. The van der Waals surface area contributed by atoms with Crippen molar-refractivity contribution < 1.29 is 9.53 Å². The molecule has 6 heteroatoms. The number of ether oxygens (including phenoxy) is 1. The van der Waals surface area contributed by atoms with Gasteiger partial charge in [0.1, 0.15) is 0 Å². The molecule has 0 aliphatic heterocycles. The van der Waals surface area contributed by atoms with Gasteiger partial charge in [-0.3, -0.25) is 0 Å². The second kappa shape index (κ2) is 8.31. The summed E-state index contributed by atoms with van der Waals surface area (Å²) >= 11 is -3.22. The number of hydrogen-bond donors (Lipinski definition) is 0. The first-order valence-electron chi connectivity index (χ1n) is 4.68. The third-order valence-corrected chi connectivity index (χ3v) is 8.03. The van der Waals surface area contributed by atoms with Crippen LogP contribution in [-0.2, 0) is 9.53 Å². The molecule has 0 aromatic carbocycles. The van der Waals surface area contributed by atoms with Gasteiger partial charge in [0, 0.05) is 0 Å². The van der Waals surface area contributed by atoms with Crippen LogP contribution >= 0.6 is 26.8 Å². The van der Waals surface area contributed by atoms with E-state index in [1.165, 1.54) is 0 Å². The summed E-state index contributed by atoms with van der Waals surface area (Å²) < 4.78 is 5.54. The molecule has 2 nitrogen and oxygen atoms in total. The minimum atomic E-state index is -3.22. The first-order chi connectivity index (χ1) is 6.45. The third kappa shape index (κ3) is 11.2. The van der Waals surface area contributed by atoms with Crippen molar-refractivity contribution in [3.63, 3.8) is 0 Å². The Labute approximate surface area is 100 Å². The average Bonchev–Trinajstić information content (AvgIpc) is 2.02. The molecule has 0 saturated heterocycles. The van der Waals surface area contributed by atoms with Crippen molar-refractivity contribution in [3.8, 4) is 0 Å². The summed E-state index contributed by atoms with van der Waals surface area (Å²) in [7, 11) is 17.2. The van der Waals surface area contributed by atoms with Gasteiger partial charge in [-0.15, -0.1) is 0 Å². The number of rotatable bonds is 7. The molecule has 0 N–H and O–H groups in total. The van der Waals surface area contributed by atoms with Crippen LogP contribution in [0.3, 0.4) is 0 Å². The van der Waals surface area contributed by atoms with Gasteiger partial charge in [-0.25, -0.2) is 0 Å². The van der Waals surface area contributed by atoms with E-state index in [-0.39, 0.29) is 5.97 Å². The van der Waals surface area contributed by atoms with Crippen molar-refractivity contribution >= 4 is 47.7 Å². The third-order valence-electron chi connectivity index (χ3n) is 1.60. The van der Waals surface area contributed by atoms with Gasteiger partial charge in [-0.2, -0.15) is 0 Å². The minimum absolute atomic E-state index is 0.181. The van der Waals surface area contributed by atoms with Crippen LogP contribution < -0.4 is 0 Å². The summed E-state index contributed by atoms with van der Waals surface area (Å²) in [6, 6.07) is 0. The van der Waals surface area contributed by atoms with E-state index in [0.717, 1.165) is 12.8 Å². The Morgan fingerprint density at radius 2 is 1.93 bits per heavy atom. The number of esters is 1. The van der Waals surface area contributed by atoms with Gasteiger partial charge >= 0.3 is 101 Å². The van der Waals surface area contributed by atoms with Crippen molar-refractivity contribution in [2.75, 3.05) is 6.61 Å². The van der Waals surface area contributed by atoms with Gasteiger partial charge in [0.2, 0.25) is 0 Å². The molecule has 0 spiro atoms. The van der Waals surface area contributed by atoms with Crippen LogP contribution in [0.5, 0.6) is 0 Å². The van der Waals surface area contributed by atoms with E-state index < -0.39 is 15.0 Å². The van der Waals surface area contributed by atoms with Crippen molar-refractivity contribution in [2.45, 2.75) is 37.0 Å². The van der Waals surface area contributed by atoms with Crippen LogP contribution in [0.4, 0.5) is 0 Å². The van der Waals surface area contributed by atoms with Crippen molar-refractivity contribution in [2.24, 2.45) is 0 Å². The van der Waals surface area contributed by atoms with Gasteiger partial charge < -0.3 is 0 Å². The van der Waals surface area contributed by atoms with Crippen LogP contribution in [0.15, 0.2) is 0 Å². The molecular formula is C8H15Cl3O2Sn. The van der Waals surface area contributed by atoms with Crippen LogP contribution in [0.1, 0.15) is 32.6 Å². The first kappa shape index (κ1) is 15.1. The summed E-state index contributed by atoms with van der Waals surface area (Å²) in [5.41, 5.74) is 0. The van der Waals surface area contributed by atoms with E-state index in [1.54, 1.807) is 0 Å². The molecule has 0 saturated carbocycles.